The van der Waals surface area contributed by atoms with Crippen LogP contribution in [0.2, 0.25) is 10.0 Å². The van der Waals surface area contributed by atoms with E-state index in [1.54, 1.807) is 30.0 Å². The molecular formula is C14H15Cl2N3O2S2. The first-order chi connectivity index (χ1) is 10.9. The summed E-state index contributed by atoms with van der Waals surface area (Å²) in [5.41, 5.74) is 0. The number of nitrogens with one attached hydrogen (secondary N) is 1. The Kier molecular flexibility index (Phi) is 6.95. The van der Waals surface area contributed by atoms with E-state index in [9.17, 15) is 4.79 Å². The molecule has 23 heavy (non-hydrogen) atoms. The Morgan fingerprint density at radius 3 is 2.87 bits per heavy atom. The van der Waals surface area contributed by atoms with Gasteiger partial charge in [0, 0.05) is 10.8 Å². The van der Waals surface area contributed by atoms with E-state index in [1.165, 1.54) is 11.3 Å². The number of nitrogens with zero attached hydrogens (tertiary/aromatic N) is 2. The number of ether oxygens (including phenoxy) is 1. The van der Waals surface area contributed by atoms with Crippen molar-refractivity contribution in [2.75, 3.05) is 17.7 Å². The number of aromatic nitrogens is 2. The number of anilines is 1. The van der Waals surface area contributed by atoms with E-state index in [0.29, 0.717) is 26.8 Å². The van der Waals surface area contributed by atoms with Crippen LogP contribution in [0.4, 0.5) is 5.13 Å². The molecule has 0 bridgehead atoms. The van der Waals surface area contributed by atoms with Crippen molar-refractivity contribution in [1.82, 2.24) is 10.2 Å². The van der Waals surface area contributed by atoms with Crippen LogP contribution in [-0.2, 0) is 4.79 Å². The standard InChI is InChI=1S/C14H15Cl2N3O2S2/c1-8(2)7-22-14-19-18-13(23-14)17-12(20)6-21-11-4-3-9(15)5-10(11)16/h3-5,8H,6-7H2,1-2H3,(H,17,18,20). The van der Waals surface area contributed by atoms with E-state index >= 15 is 0 Å². The molecule has 2 rings (SSSR count). The number of carbonyl (C=O) groups excluding carboxylic acids is 1. The second kappa shape index (κ2) is 8.73. The van der Waals surface area contributed by atoms with Crippen LogP contribution in [0.1, 0.15) is 13.8 Å². The number of hydrogen-bond donors (Lipinski definition) is 1. The van der Waals surface area contributed by atoms with Gasteiger partial charge in [0.1, 0.15) is 5.75 Å². The van der Waals surface area contributed by atoms with Crippen molar-refractivity contribution >= 4 is 57.3 Å². The zero-order chi connectivity index (χ0) is 16.8. The van der Waals surface area contributed by atoms with Crippen LogP contribution in [0.5, 0.6) is 5.75 Å². The van der Waals surface area contributed by atoms with Crippen LogP contribution in [0.3, 0.4) is 0 Å². The molecule has 1 heterocycles. The second-order valence-electron chi connectivity index (χ2n) is 4.99. The average molecular weight is 392 g/mol. The molecule has 0 fully saturated rings. The summed E-state index contributed by atoms with van der Waals surface area (Å²) in [5.74, 6) is 1.60. The molecule has 0 aliphatic carbocycles. The van der Waals surface area contributed by atoms with Crippen molar-refractivity contribution in [1.29, 1.82) is 0 Å². The smallest absolute Gasteiger partial charge is 0.264 e. The van der Waals surface area contributed by atoms with Gasteiger partial charge in [0.15, 0.2) is 10.9 Å². The minimum absolute atomic E-state index is 0.171. The fourth-order valence-corrected chi connectivity index (χ4v) is 3.66. The van der Waals surface area contributed by atoms with Crippen molar-refractivity contribution in [3.05, 3.63) is 28.2 Å². The normalized spacial score (nSPS) is 10.8. The van der Waals surface area contributed by atoms with Crippen molar-refractivity contribution < 1.29 is 9.53 Å². The van der Waals surface area contributed by atoms with Crippen molar-refractivity contribution in [2.45, 2.75) is 18.2 Å². The summed E-state index contributed by atoms with van der Waals surface area (Å²) in [5, 5.41) is 11.9. The molecule has 2 aromatic rings. The number of thioether (sulfide) groups is 1. The molecule has 0 saturated carbocycles. The van der Waals surface area contributed by atoms with Crippen LogP contribution >= 0.6 is 46.3 Å². The monoisotopic (exact) mass is 391 g/mol. The van der Waals surface area contributed by atoms with Gasteiger partial charge in [-0.3, -0.25) is 10.1 Å². The highest BCUT2D eigenvalue weighted by Crippen LogP contribution is 2.28. The van der Waals surface area contributed by atoms with Crippen LogP contribution < -0.4 is 10.1 Å². The Labute approximate surface area is 152 Å². The van der Waals surface area contributed by atoms with Gasteiger partial charge in [-0.15, -0.1) is 10.2 Å². The van der Waals surface area contributed by atoms with Crippen molar-refractivity contribution in [2.24, 2.45) is 5.92 Å². The molecule has 0 atom stereocenters. The Balaban J connectivity index is 1.82. The van der Waals surface area contributed by atoms with Crippen molar-refractivity contribution in [3.8, 4) is 5.75 Å². The Bertz CT molecular complexity index is 680. The van der Waals surface area contributed by atoms with E-state index in [4.69, 9.17) is 27.9 Å². The van der Waals surface area contributed by atoms with Gasteiger partial charge in [-0.1, -0.05) is 60.1 Å². The zero-order valence-electron chi connectivity index (χ0n) is 12.5. The fraction of sp³-hybridized carbons (Fsp3) is 0.357. The lowest BCUT2D eigenvalue weighted by molar-refractivity contribution is -0.118. The lowest BCUT2D eigenvalue weighted by Crippen LogP contribution is -2.20. The molecule has 0 aliphatic rings. The highest BCUT2D eigenvalue weighted by atomic mass is 35.5. The minimum Gasteiger partial charge on any atom is -0.482 e. The SMILES string of the molecule is CC(C)CSc1nnc(NC(=O)COc2ccc(Cl)cc2Cl)s1. The molecule has 0 unspecified atom stereocenters. The van der Waals surface area contributed by atoms with Crippen molar-refractivity contribution in [3.63, 3.8) is 0 Å². The van der Waals surface area contributed by atoms with E-state index < -0.39 is 0 Å². The van der Waals surface area contributed by atoms with Gasteiger partial charge >= 0.3 is 0 Å². The third-order valence-electron chi connectivity index (χ3n) is 2.45. The largest absolute Gasteiger partial charge is 0.482 e. The van der Waals surface area contributed by atoms with Crippen LogP contribution in [-0.4, -0.2) is 28.5 Å². The summed E-state index contributed by atoms with van der Waals surface area (Å²) in [7, 11) is 0. The maximum atomic E-state index is 11.9. The lowest BCUT2D eigenvalue weighted by atomic mass is 10.3. The minimum atomic E-state index is -0.326. The van der Waals surface area contributed by atoms with Crippen LogP contribution in [0, 0.1) is 5.92 Å². The lowest BCUT2D eigenvalue weighted by Gasteiger charge is -2.07. The van der Waals surface area contributed by atoms with Gasteiger partial charge in [0.25, 0.3) is 5.91 Å². The number of carbonyl (C=O) groups is 1. The Hall–Kier alpha value is -1.02. The average Bonchev–Trinajstić information content (AvgIpc) is 2.91. The maximum absolute atomic E-state index is 11.9. The quantitative estimate of drug-likeness (QED) is 0.551. The number of rotatable bonds is 7. The summed E-state index contributed by atoms with van der Waals surface area (Å²) in [6.45, 7) is 4.10. The first-order valence-corrected chi connectivity index (χ1v) is 9.34. The Morgan fingerprint density at radius 1 is 1.39 bits per heavy atom. The molecule has 1 N–H and O–H groups in total. The molecule has 1 amide bonds. The van der Waals surface area contributed by atoms with E-state index in [1.807, 2.05) is 0 Å². The van der Waals surface area contributed by atoms with Gasteiger partial charge < -0.3 is 4.74 Å². The highest BCUT2D eigenvalue weighted by molar-refractivity contribution is 8.01. The second-order valence-corrected chi connectivity index (χ2v) is 8.08. The Morgan fingerprint density at radius 2 is 2.17 bits per heavy atom. The van der Waals surface area contributed by atoms with Crippen LogP contribution in [0.25, 0.3) is 0 Å². The highest BCUT2D eigenvalue weighted by Gasteiger charge is 2.11. The number of benzene rings is 1. The van der Waals surface area contributed by atoms with Gasteiger partial charge in [-0.25, -0.2) is 0 Å². The van der Waals surface area contributed by atoms with E-state index in [-0.39, 0.29) is 12.5 Å². The molecule has 0 radical (unpaired) electrons. The van der Waals surface area contributed by atoms with E-state index in [0.717, 1.165) is 10.1 Å². The molecule has 0 saturated heterocycles. The summed E-state index contributed by atoms with van der Waals surface area (Å²) in [6.07, 6.45) is 0. The van der Waals surface area contributed by atoms with Gasteiger partial charge in [0.05, 0.1) is 5.02 Å². The molecular weight excluding hydrogens is 377 g/mol. The van der Waals surface area contributed by atoms with Gasteiger partial charge in [-0.2, -0.15) is 0 Å². The number of amides is 1. The third kappa shape index (κ3) is 6.18. The third-order valence-corrected chi connectivity index (χ3v) is 5.37. The predicted octanol–water partition coefficient (Wildman–Crippen LogP) is 4.61. The molecule has 9 heteroatoms. The molecule has 1 aromatic carbocycles. The topological polar surface area (TPSA) is 64.1 Å². The molecule has 5 nitrogen and oxygen atoms in total. The predicted molar refractivity (Wildman–Crippen MR) is 96.1 cm³/mol. The fourth-order valence-electron chi connectivity index (χ4n) is 1.45. The molecule has 1 aromatic heterocycles. The summed E-state index contributed by atoms with van der Waals surface area (Å²) < 4.78 is 6.19. The zero-order valence-corrected chi connectivity index (χ0v) is 15.7. The van der Waals surface area contributed by atoms with Gasteiger partial charge in [0.2, 0.25) is 5.13 Å². The number of hydrogen-bond acceptors (Lipinski definition) is 6. The molecule has 0 aliphatic heterocycles. The van der Waals surface area contributed by atoms with Crippen LogP contribution in [0.15, 0.2) is 22.5 Å². The summed E-state index contributed by atoms with van der Waals surface area (Å²) in [6, 6.07) is 4.81. The first-order valence-electron chi connectivity index (χ1n) is 6.78. The molecule has 0 spiro atoms. The first kappa shape index (κ1) is 18.3. The summed E-state index contributed by atoms with van der Waals surface area (Å²) >= 11 is 14.7. The van der Waals surface area contributed by atoms with E-state index in [2.05, 4.69) is 29.4 Å². The number of halogens is 2. The van der Waals surface area contributed by atoms with Gasteiger partial charge in [-0.05, 0) is 24.1 Å². The maximum Gasteiger partial charge on any atom is 0.264 e. The molecule has 124 valence electrons. The summed E-state index contributed by atoms with van der Waals surface area (Å²) in [4.78, 5) is 11.9.